The third-order valence-corrected chi connectivity index (χ3v) is 3.09. The van der Waals surface area contributed by atoms with E-state index in [1.54, 1.807) is 0 Å². The maximum absolute atomic E-state index is 12.3. The van der Waals surface area contributed by atoms with Gasteiger partial charge in [0.2, 0.25) is 5.76 Å². The number of aliphatic hydroxyl groups is 1. The van der Waals surface area contributed by atoms with Gasteiger partial charge in [-0.05, 0) is 24.3 Å². The van der Waals surface area contributed by atoms with E-state index in [0.29, 0.717) is 0 Å². The molecule has 0 heterocycles. The first-order valence-electron chi connectivity index (χ1n) is 5.43. The fourth-order valence-corrected chi connectivity index (χ4v) is 1.69. The minimum Gasteiger partial charge on any atom is -0.503 e. The Balaban J connectivity index is 3.16. The standard InChI is InChI=1S/C11H9F3N2O5S/c1-6(17)9(10(18)11(12,13)14)16-15-7-2-4-8(5-3-7)22(19,20)21/h2-5,18H,1H3,(H,19,20,21)/b10-9-,16-15?. The number of aliphatic hydroxyl groups excluding tert-OH is 1. The molecule has 0 fully saturated rings. The molecular formula is C11H9F3N2O5S. The molecule has 0 saturated carbocycles. The Labute approximate surface area is 122 Å². The summed E-state index contributed by atoms with van der Waals surface area (Å²) in [5, 5.41) is 15.2. The van der Waals surface area contributed by atoms with Crippen molar-refractivity contribution in [3.63, 3.8) is 0 Å². The van der Waals surface area contributed by atoms with Gasteiger partial charge in [0, 0.05) is 6.92 Å². The van der Waals surface area contributed by atoms with Crippen LogP contribution in [0.25, 0.3) is 0 Å². The summed E-state index contributed by atoms with van der Waals surface area (Å²) in [6.45, 7) is 0.762. The van der Waals surface area contributed by atoms with Crippen molar-refractivity contribution < 1.29 is 36.0 Å². The molecule has 0 spiro atoms. The van der Waals surface area contributed by atoms with E-state index in [1.165, 1.54) is 0 Å². The highest BCUT2D eigenvalue weighted by atomic mass is 32.2. The fraction of sp³-hybridized carbons (Fsp3) is 0.182. The number of halogens is 3. The van der Waals surface area contributed by atoms with Crippen LogP contribution in [0.1, 0.15) is 6.92 Å². The van der Waals surface area contributed by atoms with Crippen LogP contribution in [0.4, 0.5) is 18.9 Å². The second kappa shape index (κ2) is 6.23. The number of carbonyl (C=O) groups excluding carboxylic acids is 1. The van der Waals surface area contributed by atoms with Crippen LogP contribution in [0.5, 0.6) is 0 Å². The van der Waals surface area contributed by atoms with Gasteiger partial charge in [-0.25, -0.2) is 0 Å². The Morgan fingerprint density at radius 1 is 1.18 bits per heavy atom. The lowest BCUT2D eigenvalue weighted by Gasteiger charge is -2.06. The molecule has 0 radical (unpaired) electrons. The largest absolute Gasteiger partial charge is 0.503 e. The molecular weight excluding hydrogens is 329 g/mol. The third-order valence-electron chi connectivity index (χ3n) is 2.23. The molecule has 1 rings (SSSR count). The lowest BCUT2D eigenvalue weighted by Crippen LogP contribution is -2.16. The van der Waals surface area contributed by atoms with Gasteiger partial charge in [-0.15, -0.1) is 5.11 Å². The van der Waals surface area contributed by atoms with Crippen LogP contribution < -0.4 is 0 Å². The predicted molar refractivity (Wildman–Crippen MR) is 67.2 cm³/mol. The first-order chi connectivity index (χ1) is 9.93. The third kappa shape index (κ3) is 4.63. The summed E-state index contributed by atoms with van der Waals surface area (Å²) >= 11 is 0. The van der Waals surface area contributed by atoms with E-state index in [9.17, 15) is 26.4 Å². The second-order valence-electron chi connectivity index (χ2n) is 3.92. The van der Waals surface area contributed by atoms with E-state index in [4.69, 9.17) is 9.66 Å². The molecule has 0 saturated heterocycles. The fourth-order valence-electron chi connectivity index (χ4n) is 1.21. The topological polar surface area (TPSA) is 116 Å². The van der Waals surface area contributed by atoms with Gasteiger partial charge in [-0.2, -0.15) is 26.7 Å². The van der Waals surface area contributed by atoms with Crippen molar-refractivity contribution in [2.45, 2.75) is 18.0 Å². The lowest BCUT2D eigenvalue weighted by molar-refractivity contribution is -0.126. The average Bonchev–Trinajstić information content (AvgIpc) is 2.36. The molecule has 0 aromatic heterocycles. The number of carbonyl (C=O) groups is 1. The van der Waals surface area contributed by atoms with Gasteiger partial charge in [0.1, 0.15) is 0 Å². The zero-order chi connectivity index (χ0) is 17.1. The minimum atomic E-state index is -5.16. The van der Waals surface area contributed by atoms with Gasteiger partial charge in [-0.1, -0.05) is 0 Å². The van der Waals surface area contributed by atoms with Gasteiger partial charge < -0.3 is 5.11 Å². The van der Waals surface area contributed by atoms with Crippen LogP contribution in [-0.2, 0) is 14.9 Å². The number of nitrogens with zero attached hydrogens (tertiary/aromatic N) is 2. The van der Waals surface area contributed by atoms with E-state index in [-0.39, 0.29) is 5.69 Å². The Hall–Kier alpha value is -2.27. The Morgan fingerprint density at radius 3 is 2.05 bits per heavy atom. The number of azo groups is 1. The van der Waals surface area contributed by atoms with Crippen LogP contribution >= 0.6 is 0 Å². The van der Waals surface area contributed by atoms with Crippen molar-refractivity contribution in [3.05, 3.63) is 35.7 Å². The summed E-state index contributed by atoms with van der Waals surface area (Å²) in [7, 11) is -4.42. The summed E-state index contributed by atoms with van der Waals surface area (Å²) in [5.41, 5.74) is -1.38. The number of alkyl halides is 3. The Morgan fingerprint density at radius 2 is 1.68 bits per heavy atom. The number of rotatable bonds is 4. The molecule has 0 aliphatic heterocycles. The molecule has 0 atom stereocenters. The van der Waals surface area contributed by atoms with Crippen LogP contribution in [0.3, 0.4) is 0 Å². The molecule has 0 bridgehead atoms. The molecule has 1 aromatic rings. The van der Waals surface area contributed by atoms with E-state index in [2.05, 4.69) is 10.2 Å². The summed E-state index contributed by atoms with van der Waals surface area (Å²) in [4.78, 5) is 10.6. The summed E-state index contributed by atoms with van der Waals surface area (Å²) in [5.74, 6) is -3.34. The maximum atomic E-state index is 12.3. The number of ketones is 1. The van der Waals surface area contributed by atoms with Gasteiger partial charge in [0.05, 0.1) is 10.6 Å². The normalized spacial score (nSPS) is 14.0. The van der Waals surface area contributed by atoms with Crippen molar-refractivity contribution in [1.82, 2.24) is 0 Å². The van der Waals surface area contributed by atoms with Crippen molar-refractivity contribution in [2.75, 3.05) is 0 Å². The SMILES string of the molecule is CC(=O)/C(N=Nc1ccc(S(=O)(=O)O)cc1)=C(/O)C(F)(F)F. The molecule has 2 N–H and O–H groups in total. The molecule has 1 aromatic carbocycles. The van der Waals surface area contributed by atoms with E-state index >= 15 is 0 Å². The van der Waals surface area contributed by atoms with Gasteiger partial charge in [-0.3, -0.25) is 9.35 Å². The minimum absolute atomic E-state index is 0.0962. The number of allylic oxidation sites excluding steroid dienone is 2. The molecule has 0 aliphatic rings. The molecule has 0 amide bonds. The zero-order valence-electron chi connectivity index (χ0n) is 10.9. The van der Waals surface area contributed by atoms with Gasteiger partial charge in [0.25, 0.3) is 10.1 Å². The smallest absolute Gasteiger partial charge is 0.451 e. The molecule has 0 unspecified atom stereocenters. The number of hydrogen-bond donors (Lipinski definition) is 2. The molecule has 0 aliphatic carbocycles. The second-order valence-corrected chi connectivity index (χ2v) is 5.34. The van der Waals surface area contributed by atoms with E-state index < -0.39 is 38.4 Å². The van der Waals surface area contributed by atoms with E-state index in [1.807, 2.05) is 0 Å². The molecule has 11 heteroatoms. The average molecular weight is 338 g/mol. The van der Waals surface area contributed by atoms with Crippen LogP contribution in [-0.4, -0.2) is 30.0 Å². The highest BCUT2D eigenvalue weighted by Crippen LogP contribution is 2.27. The highest BCUT2D eigenvalue weighted by Gasteiger charge is 2.38. The molecule has 22 heavy (non-hydrogen) atoms. The monoisotopic (exact) mass is 338 g/mol. The van der Waals surface area contributed by atoms with Crippen LogP contribution in [0.15, 0.2) is 50.8 Å². The van der Waals surface area contributed by atoms with Crippen LogP contribution in [0, 0.1) is 0 Å². The van der Waals surface area contributed by atoms with Crippen molar-refractivity contribution in [3.8, 4) is 0 Å². The number of Topliss-reactive ketones (excluding diaryl/α,β-unsaturated/α-hetero) is 1. The molecule has 7 nitrogen and oxygen atoms in total. The summed E-state index contributed by atoms with van der Waals surface area (Å²) in [6.07, 6.45) is -5.16. The van der Waals surface area contributed by atoms with E-state index in [0.717, 1.165) is 31.2 Å². The van der Waals surface area contributed by atoms with Crippen molar-refractivity contribution >= 4 is 21.6 Å². The quantitative estimate of drug-likeness (QED) is 0.379. The first kappa shape index (κ1) is 17.8. The first-order valence-corrected chi connectivity index (χ1v) is 6.87. The highest BCUT2D eigenvalue weighted by molar-refractivity contribution is 7.85. The van der Waals surface area contributed by atoms with Crippen LogP contribution in [0.2, 0.25) is 0 Å². The zero-order valence-corrected chi connectivity index (χ0v) is 11.7. The predicted octanol–water partition coefficient (Wildman–Crippen LogP) is 2.94. The molecule has 120 valence electrons. The lowest BCUT2D eigenvalue weighted by atomic mass is 10.3. The summed E-state index contributed by atoms with van der Waals surface area (Å²) < 4.78 is 67.3. The van der Waals surface area contributed by atoms with Gasteiger partial charge in [0.15, 0.2) is 11.5 Å². The number of benzene rings is 1. The number of hydrogen-bond acceptors (Lipinski definition) is 6. The Kier molecular flexibility index (Phi) is 5.04. The summed E-state index contributed by atoms with van der Waals surface area (Å²) in [6, 6.07) is 3.94. The van der Waals surface area contributed by atoms with Gasteiger partial charge >= 0.3 is 6.18 Å². The van der Waals surface area contributed by atoms with Crippen molar-refractivity contribution in [1.29, 1.82) is 0 Å². The Bertz CT molecular complexity index is 736. The maximum Gasteiger partial charge on any atom is 0.451 e. The van der Waals surface area contributed by atoms with Crippen molar-refractivity contribution in [2.24, 2.45) is 10.2 Å².